The van der Waals surface area contributed by atoms with Crippen LogP contribution in [0.3, 0.4) is 0 Å². The van der Waals surface area contributed by atoms with Crippen molar-refractivity contribution in [2.24, 2.45) is 17.4 Å². The first-order valence-corrected chi connectivity index (χ1v) is 10.7. The number of thiocarbonyl (C=S) groups is 1. The highest BCUT2D eigenvalue weighted by Gasteiger charge is 2.22. The molecule has 0 aliphatic carbocycles. The molecule has 2 rings (SSSR count). The maximum absolute atomic E-state index is 14.4. The Labute approximate surface area is 174 Å². The van der Waals surface area contributed by atoms with Crippen molar-refractivity contribution >= 4 is 44.6 Å². The fourth-order valence-corrected chi connectivity index (χ4v) is 4.25. The fraction of sp³-hybridized carbons (Fsp3) is 0.278. The van der Waals surface area contributed by atoms with Gasteiger partial charge in [-0.05, 0) is 49.2 Å². The molecule has 0 heterocycles. The highest BCUT2D eigenvalue weighted by Crippen LogP contribution is 2.28. The van der Waals surface area contributed by atoms with E-state index in [0.29, 0.717) is 6.54 Å². The minimum absolute atomic E-state index is 0.0489. The van der Waals surface area contributed by atoms with E-state index in [-0.39, 0.29) is 22.7 Å². The van der Waals surface area contributed by atoms with Gasteiger partial charge in [0.2, 0.25) is 0 Å². The molecule has 0 fully saturated rings. The van der Waals surface area contributed by atoms with Crippen molar-refractivity contribution < 1.29 is 12.8 Å². The molecule has 0 saturated carbocycles. The summed E-state index contributed by atoms with van der Waals surface area (Å²) in [4.78, 5) is -0.635. The summed E-state index contributed by atoms with van der Waals surface area (Å²) in [6, 6.07) is 11.8. The Morgan fingerprint density at radius 2 is 1.93 bits per heavy atom. The second-order valence-corrected chi connectivity index (χ2v) is 8.92. The quantitative estimate of drug-likeness (QED) is 0.466. The first kappa shape index (κ1) is 22.4. The van der Waals surface area contributed by atoms with Crippen LogP contribution in [0.15, 0.2) is 47.4 Å². The summed E-state index contributed by atoms with van der Waals surface area (Å²) in [5.41, 5.74) is 12.7. The molecular weight excluding hydrogens is 423 g/mol. The predicted molar refractivity (Wildman–Crippen MR) is 114 cm³/mol. The van der Waals surface area contributed by atoms with Crippen LogP contribution in [0.5, 0.6) is 0 Å². The van der Waals surface area contributed by atoms with E-state index in [1.807, 2.05) is 42.0 Å². The van der Waals surface area contributed by atoms with E-state index >= 15 is 0 Å². The first-order valence-electron chi connectivity index (χ1n) is 8.45. The maximum atomic E-state index is 14.4. The second-order valence-electron chi connectivity index (χ2n) is 6.42. The second kappa shape index (κ2) is 9.51. The molecule has 2 aromatic carbocycles. The van der Waals surface area contributed by atoms with E-state index in [2.05, 4.69) is 17.5 Å². The zero-order chi connectivity index (χ0) is 20.9. The average molecular weight is 445 g/mol. The molecular formula is C18H22ClFN4O2S2. The van der Waals surface area contributed by atoms with Gasteiger partial charge in [-0.1, -0.05) is 41.9 Å². The molecule has 0 saturated heterocycles. The van der Waals surface area contributed by atoms with Gasteiger partial charge >= 0.3 is 0 Å². The minimum Gasteiger partial charge on any atom is -0.383 e. The Morgan fingerprint density at radius 3 is 2.50 bits per heavy atom. The van der Waals surface area contributed by atoms with Gasteiger partial charge in [-0.25, -0.2) is 12.8 Å². The molecule has 28 heavy (non-hydrogen) atoms. The van der Waals surface area contributed by atoms with Crippen LogP contribution >= 0.6 is 23.8 Å². The summed E-state index contributed by atoms with van der Waals surface area (Å²) in [7, 11) is -4.24. The van der Waals surface area contributed by atoms with Crippen LogP contribution in [-0.2, 0) is 16.4 Å². The van der Waals surface area contributed by atoms with Crippen LogP contribution in [0.4, 0.5) is 10.1 Å². The lowest BCUT2D eigenvalue weighted by atomic mass is 9.93. The highest BCUT2D eigenvalue weighted by atomic mass is 35.5. The Hall–Kier alpha value is -1.94. The number of benzene rings is 2. The molecule has 0 radical (unpaired) electrons. The normalized spacial score (nSPS) is 13.6. The summed E-state index contributed by atoms with van der Waals surface area (Å²) in [6.07, 6.45) is 0.732. The van der Waals surface area contributed by atoms with Crippen molar-refractivity contribution in [1.29, 1.82) is 0 Å². The Bertz CT molecular complexity index is 940. The molecule has 2 aromatic rings. The number of anilines is 1. The van der Waals surface area contributed by atoms with Gasteiger partial charge in [-0.2, -0.15) is 0 Å². The van der Waals surface area contributed by atoms with Crippen molar-refractivity contribution in [3.05, 3.63) is 58.9 Å². The molecule has 2 atom stereocenters. The number of halogens is 2. The van der Waals surface area contributed by atoms with Crippen LogP contribution in [0, 0.1) is 11.7 Å². The SMILES string of the molecule is C[C@@H](N)[C@H](CNc1cc(F)c(S(=O)(=O)NC(N)=S)cc1Cl)Cc1ccccc1. The van der Waals surface area contributed by atoms with Crippen molar-refractivity contribution in [3.63, 3.8) is 0 Å². The van der Waals surface area contributed by atoms with E-state index in [1.165, 1.54) is 0 Å². The van der Waals surface area contributed by atoms with Gasteiger partial charge in [-0.3, -0.25) is 4.72 Å². The van der Waals surface area contributed by atoms with Gasteiger partial charge < -0.3 is 16.8 Å². The van der Waals surface area contributed by atoms with Gasteiger partial charge in [0, 0.05) is 12.6 Å². The molecule has 0 aliphatic heterocycles. The molecule has 0 amide bonds. The Balaban J connectivity index is 2.17. The van der Waals surface area contributed by atoms with Crippen LogP contribution in [0.2, 0.25) is 5.02 Å². The van der Waals surface area contributed by atoms with Crippen LogP contribution < -0.4 is 21.5 Å². The van der Waals surface area contributed by atoms with Crippen molar-refractivity contribution in [1.82, 2.24) is 4.72 Å². The number of nitrogens with one attached hydrogen (secondary N) is 2. The smallest absolute Gasteiger partial charge is 0.266 e. The Morgan fingerprint density at radius 1 is 1.29 bits per heavy atom. The molecule has 0 bridgehead atoms. The first-order chi connectivity index (χ1) is 13.1. The van der Waals surface area contributed by atoms with Crippen LogP contribution in [0.1, 0.15) is 12.5 Å². The fourth-order valence-electron chi connectivity index (χ4n) is 2.66. The van der Waals surface area contributed by atoms with Crippen molar-refractivity contribution in [3.8, 4) is 0 Å². The summed E-state index contributed by atoms with van der Waals surface area (Å²) in [6.45, 7) is 2.33. The minimum atomic E-state index is -4.24. The molecule has 0 aliphatic rings. The number of hydrogen-bond donors (Lipinski definition) is 4. The van der Waals surface area contributed by atoms with Crippen LogP contribution in [-0.4, -0.2) is 26.1 Å². The molecule has 6 N–H and O–H groups in total. The van der Waals surface area contributed by atoms with E-state index in [0.717, 1.165) is 24.1 Å². The largest absolute Gasteiger partial charge is 0.383 e. The van der Waals surface area contributed by atoms with Crippen molar-refractivity contribution in [2.45, 2.75) is 24.3 Å². The van der Waals surface area contributed by atoms with Crippen molar-refractivity contribution in [2.75, 3.05) is 11.9 Å². The lowest BCUT2D eigenvalue weighted by Gasteiger charge is -2.22. The highest BCUT2D eigenvalue weighted by molar-refractivity contribution is 7.91. The van der Waals surface area contributed by atoms with Gasteiger partial charge in [0.05, 0.1) is 10.7 Å². The van der Waals surface area contributed by atoms with Gasteiger partial charge in [0.25, 0.3) is 10.0 Å². The number of rotatable bonds is 8. The third-order valence-electron chi connectivity index (χ3n) is 4.19. The van der Waals surface area contributed by atoms with E-state index in [1.54, 1.807) is 0 Å². The number of hydrogen-bond acceptors (Lipinski definition) is 5. The van der Waals surface area contributed by atoms with E-state index in [4.69, 9.17) is 23.1 Å². The zero-order valence-electron chi connectivity index (χ0n) is 15.2. The zero-order valence-corrected chi connectivity index (χ0v) is 17.5. The molecule has 0 unspecified atom stereocenters. The lowest BCUT2D eigenvalue weighted by molar-refractivity contribution is 0.462. The third-order valence-corrected chi connectivity index (χ3v) is 6.11. The molecule has 152 valence electrons. The summed E-state index contributed by atoms with van der Waals surface area (Å²) < 4.78 is 40.4. The van der Waals surface area contributed by atoms with E-state index in [9.17, 15) is 12.8 Å². The van der Waals surface area contributed by atoms with Crippen LogP contribution in [0.25, 0.3) is 0 Å². The lowest BCUT2D eigenvalue weighted by Crippen LogP contribution is -2.35. The van der Waals surface area contributed by atoms with Gasteiger partial charge in [-0.15, -0.1) is 0 Å². The van der Waals surface area contributed by atoms with E-state index < -0.39 is 25.8 Å². The maximum Gasteiger partial charge on any atom is 0.266 e. The summed E-state index contributed by atoms with van der Waals surface area (Å²) in [5, 5.41) is 2.62. The summed E-state index contributed by atoms with van der Waals surface area (Å²) in [5.74, 6) is -0.919. The predicted octanol–water partition coefficient (Wildman–Crippen LogP) is 2.62. The summed E-state index contributed by atoms with van der Waals surface area (Å²) >= 11 is 10.7. The molecule has 0 aromatic heterocycles. The molecule has 0 spiro atoms. The number of nitrogens with two attached hydrogens (primary N) is 2. The number of sulfonamides is 1. The molecule has 6 nitrogen and oxygen atoms in total. The van der Waals surface area contributed by atoms with Gasteiger partial charge in [0.15, 0.2) is 5.11 Å². The van der Waals surface area contributed by atoms with Gasteiger partial charge in [0.1, 0.15) is 10.7 Å². The standard InChI is InChI=1S/C18H22ClFN4O2S2/c1-11(21)13(7-12-5-3-2-4-6-12)10-23-16-9-15(20)17(8-14(16)19)28(25,26)24-18(22)27/h2-6,8-9,11,13,23H,7,10,21H2,1H3,(H3,22,24,27)/t11-,13+/m1/s1. The monoisotopic (exact) mass is 444 g/mol. The Kier molecular flexibility index (Phi) is 7.59. The average Bonchev–Trinajstić information content (AvgIpc) is 2.60. The molecule has 10 heteroatoms. The third kappa shape index (κ3) is 6.03. The topological polar surface area (TPSA) is 110 Å².